The second-order valence-electron chi connectivity index (χ2n) is 8.52. The van der Waals surface area contributed by atoms with Crippen LogP contribution in [0.4, 0.5) is 5.82 Å². The number of fused-ring (bicyclic) bond motifs is 4. The van der Waals surface area contributed by atoms with E-state index in [0.29, 0.717) is 23.3 Å². The summed E-state index contributed by atoms with van der Waals surface area (Å²) in [6.07, 6.45) is 3.53. The molecule has 0 spiro atoms. The minimum Gasteiger partial charge on any atom is -0.384 e. The Balaban J connectivity index is 1.39. The average Bonchev–Trinajstić information content (AvgIpc) is 2.73. The molecule has 1 fully saturated rings. The highest BCUT2D eigenvalue weighted by Gasteiger charge is 2.34. The Morgan fingerprint density at radius 2 is 2.03 bits per heavy atom. The van der Waals surface area contributed by atoms with Crippen LogP contribution < -0.4 is 11.3 Å². The van der Waals surface area contributed by atoms with Crippen molar-refractivity contribution in [3.8, 4) is 11.3 Å². The largest absolute Gasteiger partial charge is 0.384 e. The fourth-order valence-corrected chi connectivity index (χ4v) is 4.93. The van der Waals surface area contributed by atoms with E-state index in [4.69, 9.17) is 5.73 Å². The number of hydrogen-bond donors (Lipinski definition) is 1. The summed E-state index contributed by atoms with van der Waals surface area (Å²) in [5.41, 5.74) is 10.7. The van der Waals surface area contributed by atoms with Crippen molar-refractivity contribution < 1.29 is 0 Å². The molecule has 30 heavy (non-hydrogen) atoms. The molecule has 5 rings (SSSR count). The van der Waals surface area contributed by atoms with Gasteiger partial charge in [-0.15, -0.1) is 0 Å². The maximum Gasteiger partial charge on any atom is 0.251 e. The molecule has 0 radical (unpaired) electrons. The van der Waals surface area contributed by atoms with Crippen molar-refractivity contribution in [2.45, 2.75) is 32.2 Å². The van der Waals surface area contributed by atoms with E-state index in [1.54, 1.807) is 12.1 Å². The van der Waals surface area contributed by atoms with Crippen LogP contribution in [0, 0.1) is 12.8 Å². The lowest BCUT2D eigenvalue weighted by molar-refractivity contribution is 0.121. The van der Waals surface area contributed by atoms with Gasteiger partial charge in [0.2, 0.25) is 0 Å². The molecule has 2 atom stereocenters. The Bertz CT molecular complexity index is 1140. The van der Waals surface area contributed by atoms with Crippen molar-refractivity contribution in [2.24, 2.45) is 5.92 Å². The highest BCUT2D eigenvalue weighted by atomic mass is 16.1. The van der Waals surface area contributed by atoms with Gasteiger partial charge in [0.1, 0.15) is 12.1 Å². The molecule has 0 aromatic carbocycles. The van der Waals surface area contributed by atoms with Gasteiger partial charge in [-0.2, -0.15) is 0 Å². The number of aromatic nitrogens is 4. The predicted octanol–water partition coefficient (Wildman–Crippen LogP) is 2.25. The van der Waals surface area contributed by atoms with E-state index in [9.17, 15) is 4.79 Å². The van der Waals surface area contributed by atoms with Crippen molar-refractivity contribution in [3.05, 3.63) is 70.2 Å². The topological polar surface area (TPSA) is 89.9 Å². The number of rotatable bonds is 4. The van der Waals surface area contributed by atoms with E-state index < -0.39 is 0 Å². The molecule has 3 aromatic rings. The summed E-state index contributed by atoms with van der Waals surface area (Å²) in [5, 5.41) is 0. The Morgan fingerprint density at radius 1 is 1.13 bits per heavy atom. The number of anilines is 1. The molecule has 2 N–H and O–H groups in total. The van der Waals surface area contributed by atoms with Gasteiger partial charge >= 0.3 is 0 Å². The molecule has 7 nitrogen and oxygen atoms in total. The summed E-state index contributed by atoms with van der Waals surface area (Å²) in [4.78, 5) is 28.3. The molecule has 7 heteroatoms. The third-order valence-corrected chi connectivity index (χ3v) is 6.25. The van der Waals surface area contributed by atoms with Gasteiger partial charge in [-0.1, -0.05) is 6.07 Å². The van der Waals surface area contributed by atoms with Gasteiger partial charge in [-0.3, -0.25) is 9.78 Å². The van der Waals surface area contributed by atoms with Crippen LogP contribution >= 0.6 is 0 Å². The molecule has 154 valence electrons. The van der Waals surface area contributed by atoms with Gasteiger partial charge in [-0.05, 0) is 37.5 Å². The number of pyridine rings is 2. The standard InChI is InChI=1S/C23H26N6O/c1-15-3-2-4-19(27-15)5-6-28-11-16-7-18(13-28)21-8-17(9-23(30)29(21)12-16)20-10-22(24)26-14-25-20/h2-4,8-10,14,16,18H,5-7,11-13H2,1H3,(H2,24,25,26)/t16-,18+/m0/s1. The highest BCUT2D eigenvalue weighted by molar-refractivity contribution is 5.61. The first kappa shape index (κ1) is 18.9. The number of likely N-dealkylation sites (tertiary alicyclic amines) is 1. The van der Waals surface area contributed by atoms with Crippen LogP contribution in [0.5, 0.6) is 0 Å². The molecule has 0 aliphatic carbocycles. The first-order chi connectivity index (χ1) is 14.5. The van der Waals surface area contributed by atoms with Gasteiger partial charge in [0.15, 0.2) is 0 Å². The Kier molecular flexibility index (Phi) is 4.83. The Hall–Kier alpha value is -3.06. The van der Waals surface area contributed by atoms with E-state index in [-0.39, 0.29) is 5.56 Å². The van der Waals surface area contributed by atoms with Gasteiger partial charge in [0.25, 0.3) is 5.56 Å². The zero-order valence-electron chi connectivity index (χ0n) is 17.2. The molecule has 2 aliphatic rings. The summed E-state index contributed by atoms with van der Waals surface area (Å²) < 4.78 is 1.96. The van der Waals surface area contributed by atoms with Gasteiger partial charge in [-0.25, -0.2) is 9.97 Å². The van der Waals surface area contributed by atoms with Crippen LogP contribution in [0.1, 0.15) is 29.4 Å². The number of nitrogens with two attached hydrogens (primary N) is 1. The van der Waals surface area contributed by atoms with E-state index >= 15 is 0 Å². The highest BCUT2D eigenvalue weighted by Crippen LogP contribution is 2.36. The van der Waals surface area contributed by atoms with Crippen molar-refractivity contribution in [1.29, 1.82) is 0 Å². The fourth-order valence-electron chi connectivity index (χ4n) is 4.93. The molecule has 2 aliphatic heterocycles. The number of aryl methyl sites for hydroxylation is 1. The summed E-state index contributed by atoms with van der Waals surface area (Å²) in [6.45, 7) is 5.83. The van der Waals surface area contributed by atoms with Crippen LogP contribution in [-0.2, 0) is 13.0 Å². The van der Waals surface area contributed by atoms with Crippen LogP contribution in [-0.4, -0.2) is 44.1 Å². The quantitative estimate of drug-likeness (QED) is 0.720. The van der Waals surface area contributed by atoms with Crippen LogP contribution in [0.15, 0.2) is 47.5 Å². The Morgan fingerprint density at radius 3 is 2.87 bits per heavy atom. The molecular formula is C23H26N6O. The van der Waals surface area contributed by atoms with Crippen LogP contribution in [0.2, 0.25) is 0 Å². The molecule has 0 saturated carbocycles. The SMILES string of the molecule is Cc1cccc(CCN2C[C@@H]3C[C@H](C2)c2cc(-c4cc(N)ncn4)cc(=O)n2C3)n1. The average molecular weight is 403 g/mol. The second kappa shape index (κ2) is 7.65. The number of hydrogen-bond acceptors (Lipinski definition) is 6. The minimum atomic E-state index is 0.0480. The third-order valence-electron chi connectivity index (χ3n) is 6.25. The van der Waals surface area contributed by atoms with Gasteiger partial charge in [0, 0.05) is 73.3 Å². The predicted molar refractivity (Wildman–Crippen MR) is 116 cm³/mol. The summed E-state index contributed by atoms with van der Waals surface area (Å²) in [7, 11) is 0. The minimum absolute atomic E-state index is 0.0480. The van der Waals surface area contributed by atoms with E-state index in [0.717, 1.165) is 61.7 Å². The normalized spacial score (nSPS) is 20.7. The second-order valence-corrected chi connectivity index (χ2v) is 8.52. The molecule has 1 saturated heterocycles. The molecular weight excluding hydrogens is 376 g/mol. The summed E-state index contributed by atoms with van der Waals surface area (Å²) in [5.74, 6) is 1.28. The lowest BCUT2D eigenvalue weighted by Crippen LogP contribution is -2.47. The first-order valence-corrected chi connectivity index (χ1v) is 10.5. The van der Waals surface area contributed by atoms with Crippen LogP contribution in [0.3, 0.4) is 0 Å². The molecule has 3 aromatic heterocycles. The Labute approximate surface area is 175 Å². The lowest BCUT2D eigenvalue weighted by Gasteiger charge is -2.43. The smallest absolute Gasteiger partial charge is 0.251 e. The zero-order chi connectivity index (χ0) is 20.7. The van der Waals surface area contributed by atoms with E-state index in [1.165, 1.54) is 6.33 Å². The molecule has 0 amide bonds. The zero-order valence-corrected chi connectivity index (χ0v) is 17.2. The van der Waals surface area contributed by atoms with Crippen molar-refractivity contribution in [2.75, 3.05) is 25.4 Å². The summed E-state index contributed by atoms with van der Waals surface area (Å²) in [6, 6.07) is 11.7. The van der Waals surface area contributed by atoms with Gasteiger partial charge in [0.05, 0.1) is 5.69 Å². The maximum absolute atomic E-state index is 12.9. The van der Waals surface area contributed by atoms with Crippen molar-refractivity contribution in [1.82, 2.24) is 24.4 Å². The molecule has 2 bridgehead atoms. The van der Waals surface area contributed by atoms with E-state index in [2.05, 4.69) is 38.1 Å². The number of piperidine rings is 1. The molecule has 0 unspecified atom stereocenters. The molecule has 5 heterocycles. The third kappa shape index (κ3) is 3.73. The first-order valence-electron chi connectivity index (χ1n) is 10.5. The lowest BCUT2D eigenvalue weighted by atomic mass is 9.82. The van der Waals surface area contributed by atoms with E-state index in [1.807, 2.05) is 17.6 Å². The number of nitrogens with zero attached hydrogens (tertiary/aromatic N) is 5. The van der Waals surface area contributed by atoms with Gasteiger partial charge < -0.3 is 15.2 Å². The summed E-state index contributed by atoms with van der Waals surface area (Å²) >= 11 is 0. The fraction of sp³-hybridized carbons (Fsp3) is 0.391. The van der Waals surface area contributed by atoms with Crippen LogP contribution in [0.25, 0.3) is 11.3 Å². The van der Waals surface area contributed by atoms with Crippen molar-refractivity contribution >= 4 is 5.82 Å². The monoisotopic (exact) mass is 402 g/mol. The number of nitrogen functional groups attached to an aromatic ring is 1. The van der Waals surface area contributed by atoms with Crippen molar-refractivity contribution in [3.63, 3.8) is 0 Å². The maximum atomic E-state index is 12.9.